The van der Waals surface area contributed by atoms with E-state index in [1.165, 1.54) is 11.9 Å². The van der Waals surface area contributed by atoms with Crippen LogP contribution in [0.25, 0.3) is 0 Å². The number of nitro groups is 1. The Morgan fingerprint density at radius 3 is 2.89 bits per heavy atom. The first-order valence-electron chi connectivity index (χ1n) is 5.31. The van der Waals surface area contributed by atoms with Crippen LogP contribution in [-0.2, 0) is 0 Å². The number of pyridine rings is 1. The average Bonchev–Trinajstić information content (AvgIpc) is 2.36. The molecule has 1 atom stereocenters. The molecule has 0 saturated heterocycles. The van der Waals surface area contributed by atoms with Crippen molar-refractivity contribution in [1.82, 2.24) is 9.88 Å². The Bertz CT molecular complexity index is 555. The van der Waals surface area contributed by atoms with Crippen LogP contribution in [0, 0.1) is 27.4 Å². The highest BCUT2D eigenvalue weighted by atomic mass is 35.5. The molecule has 0 saturated carbocycles. The van der Waals surface area contributed by atoms with E-state index in [-0.39, 0.29) is 23.2 Å². The lowest BCUT2D eigenvalue weighted by Crippen LogP contribution is -2.31. The van der Waals surface area contributed by atoms with Gasteiger partial charge >= 0.3 is 0 Å². The third-order valence-corrected chi connectivity index (χ3v) is 2.60. The number of carbonyl (C=O) groups is 1. The first-order chi connectivity index (χ1) is 8.86. The van der Waals surface area contributed by atoms with Crippen molar-refractivity contribution in [3.05, 3.63) is 33.1 Å². The quantitative estimate of drug-likeness (QED) is 0.477. The van der Waals surface area contributed by atoms with E-state index in [1.54, 1.807) is 6.92 Å². The van der Waals surface area contributed by atoms with Crippen molar-refractivity contribution in [3.63, 3.8) is 0 Å². The number of carbonyl (C=O) groups excluding carboxylic acids is 1. The zero-order valence-corrected chi connectivity index (χ0v) is 11.1. The molecular weight excluding hydrogens is 272 g/mol. The van der Waals surface area contributed by atoms with E-state index in [0.717, 1.165) is 12.3 Å². The molecule has 100 valence electrons. The molecule has 0 bridgehead atoms. The highest BCUT2D eigenvalue weighted by Crippen LogP contribution is 2.21. The Labute approximate surface area is 114 Å². The van der Waals surface area contributed by atoms with Gasteiger partial charge in [0.05, 0.1) is 16.9 Å². The normalized spacial score (nSPS) is 11.5. The van der Waals surface area contributed by atoms with E-state index >= 15 is 0 Å². The fourth-order valence-corrected chi connectivity index (χ4v) is 1.64. The minimum atomic E-state index is -0.696. The van der Waals surface area contributed by atoms with Crippen LogP contribution in [0.15, 0.2) is 12.3 Å². The largest absolute Gasteiger partial charge is 0.340 e. The molecule has 0 N–H and O–H groups in total. The molecule has 19 heavy (non-hydrogen) atoms. The van der Waals surface area contributed by atoms with E-state index in [9.17, 15) is 14.9 Å². The summed E-state index contributed by atoms with van der Waals surface area (Å²) in [4.78, 5) is 27.1. The molecule has 1 aromatic heterocycles. The zero-order valence-electron chi connectivity index (χ0n) is 10.3. The summed E-state index contributed by atoms with van der Waals surface area (Å²) in [6.45, 7) is 1.82. The van der Waals surface area contributed by atoms with Crippen LogP contribution in [0.5, 0.6) is 0 Å². The molecule has 1 amide bonds. The number of hydrogen-bond donors (Lipinski definition) is 0. The topological polar surface area (TPSA) is 100 Å². The Morgan fingerprint density at radius 1 is 1.74 bits per heavy atom. The van der Waals surface area contributed by atoms with Gasteiger partial charge in [0.2, 0.25) is 0 Å². The summed E-state index contributed by atoms with van der Waals surface area (Å²) in [6, 6.07) is 3.13. The van der Waals surface area contributed by atoms with Crippen LogP contribution >= 0.6 is 11.6 Å². The Morgan fingerprint density at radius 2 is 2.37 bits per heavy atom. The highest BCUT2D eigenvalue weighted by Gasteiger charge is 2.24. The number of nitrogens with zero attached hydrogens (tertiary/aromatic N) is 4. The van der Waals surface area contributed by atoms with Crippen molar-refractivity contribution in [3.8, 4) is 6.07 Å². The van der Waals surface area contributed by atoms with Crippen molar-refractivity contribution >= 4 is 23.2 Å². The van der Waals surface area contributed by atoms with Gasteiger partial charge < -0.3 is 4.90 Å². The second kappa shape index (κ2) is 6.11. The first-order valence-corrected chi connectivity index (χ1v) is 5.69. The predicted octanol–water partition coefficient (Wildman–Crippen LogP) is 1.87. The molecular formula is C11H11ClN4O3. The Balaban J connectivity index is 3.08. The van der Waals surface area contributed by atoms with E-state index < -0.39 is 16.5 Å². The van der Waals surface area contributed by atoms with E-state index in [4.69, 9.17) is 16.9 Å². The van der Waals surface area contributed by atoms with Crippen LogP contribution in [-0.4, -0.2) is 34.3 Å². The molecule has 0 radical (unpaired) electrons. The Hall–Kier alpha value is -2.20. The molecule has 1 aromatic rings. The monoisotopic (exact) mass is 282 g/mol. The van der Waals surface area contributed by atoms with Crippen molar-refractivity contribution in [2.45, 2.75) is 6.92 Å². The number of hydrogen-bond acceptors (Lipinski definition) is 5. The third-order valence-electron chi connectivity index (χ3n) is 2.39. The number of halogens is 1. The summed E-state index contributed by atoms with van der Waals surface area (Å²) in [5.41, 5.74) is -0.552. The van der Waals surface area contributed by atoms with E-state index in [0.29, 0.717) is 0 Å². The molecule has 0 aromatic carbocycles. The number of nitriles is 1. The lowest BCUT2D eigenvalue weighted by Gasteiger charge is -2.18. The summed E-state index contributed by atoms with van der Waals surface area (Å²) in [7, 11) is 1.47. The van der Waals surface area contributed by atoms with Gasteiger partial charge in [-0.3, -0.25) is 14.9 Å². The number of aromatic nitrogens is 1. The van der Waals surface area contributed by atoms with Crippen molar-refractivity contribution in [2.75, 3.05) is 13.6 Å². The summed E-state index contributed by atoms with van der Waals surface area (Å²) < 4.78 is 0. The van der Waals surface area contributed by atoms with Crippen LogP contribution in [0.3, 0.4) is 0 Å². The lowest BCUT2D eigenvalue weighted by atomic mass is 10.1. The molecule has 8 heteroatoms. The fraction of sp³-hybridized carbons (Fsp3) is 0.364. The maximum atomic E-state index is 12.1. The minimum Gasteiger partial charge on any atom is -0.340 e. The van der Waals surface area contributed by atoms with Crippen molar-refractivity contribution < 1.29 is 9.72 Å². The SMILES string of the molecule is CC(C#N)CN(C)C(=O)c1cc(Cl)ncc1[N+](=O)[O-]. The molecule has 0 fully saturated rings. The van der Waals surface area contributed by atoms with Gasteiger partial charge in [-0.25, -0.2) is 4.98 Å². The van der Waals surface area contributed by atoms with E-state index in [1.807, 2.05) is 6.07 Å². The predicted molar refractivity (Wildman–Crippen MR) is 67.6 cm³/mol. The van der Waals surface area contributed by atoms with Gasteiger partial charge in [0.1, 0.15) is 16.9 Å². The van der Waals surface area contributed by atoms with Crippen LogP contribution in [0.2, 0.25) is 5.15 Å². The second-order valence-electron chi connectivity index (χ2n) is 4.00. The summed E-state index contributed by atoms with van der Waals surface area (Å²) in [6.07, 6.45) is 0.942. The maximum Gasteiger partial charge on any atom is 0.300 e. The number of amides is 1. The summed E-state index contributed by atoms with van der Waals surface area (Å²) in [5, 5.41) is 19.5. The molecule has 1 rings (SSSR count). The van der Waals surface area contributed by atoms with Gasteiger partial charge in [-0.05, 0) is 13.0 Å². The summed E-state index contributed by atoms with van der Waals surface area (Å²) >= 11 is 5.65. The lowest BCUT2D eigenvalue weighted by molar-refractivity contribution is -0.385. The van der Waals surface area contributed by atoms with Gasteiger partial charge in [0, 0.05) is 13.6 Å². The van der Waals surface area contributed by atoms with E-state index in [2.05, 4.69) is 4.98 Å². The van der Waals surface area contributed by atoms with Gasteiger partial charge in [-0.1, -0.05) is 11.6 Å². The van der Waals surface area contributed by atoms with Gasteiger partial charge in [-0.15, -0.1) is 0 Å². The van der Waals surface area contributed by atoms with Gasteiger partial charge in [0.15, 0.2) is 0 Å². The Kier molecular flexibility index (Phi) is 4.78. The fourth-order valence-electron chi connectivity index (χ4n) is 1.48. The maximum absolute atomic E-state index is 12.1. The molecule has 0 aliphatic carbocycles. The molecule has 0 spiro atoms. The molecule has 1 heterocycles. The van der Waals surface area contributed by atoms with Gasteiger partial charge in [-0.2, -0.15) is 5.26 Å². The second-order valence-corrected chi connectivity index (χ2v) is 4.38. The molecule has 1 unspecified atom stereocenters. The van der Waals surface area contributed by atoms with Crippen LogP contribution < -0.4 is 0 Å². The van der Waals surface area contributed by atoms with Gasteiger partial charge in [0.25, 0.3) is 11.6 Å². The van der Waals surface area contributed by atoms with Crippen LogP contribution in [0.4, 0.5) is 5.69 Å². The first kappa shape index (κ1) is 14.9. The number of rotatable bonds is 4. The standard InChI is InChI=1S/C11H11ClN4O3/c1-7(4-13)6-15(2)11(17)8-3-10(12)14-5-9(8)16(18)19/h3,5,7H,6H2,1-2H3. The molecule has 0 aliphatic heterocycles. The smallest absolute Gasteiger partial charge is 0.300 e. The minimum absolute atomic E-state index is 0.00400. The molecule has 7 nitrogen and oxygen atoms in total. The van der Waals surface area contributed by atoms with Crippen molar-refractivity contribution in [2.24, 2.45) is 5.92 Å². The third kappa shape index (κ3) is 3.63. The summed E-state index contributed by atoms with van der Waals surface area (Å²) in [5.74, 6) is -0.941. The highest BCUT2D eigenvalue weighted by molar-refractivity contribution is 6.29. The average molecular weight is 283 g/mol. The van der Waals surface area contributed by atoms with Crippen molar-refractivity contribution in [1.29, 1.82) is 5.26 Å². The molecule has 0 aliphatic rings. The van der Waals surface area contributed by atoms with Crippen LogP contribution in [0.1, 0.15) is 17.3 Å². The zero-order chi connectivity index (χ0) is 14.6.